The van der Waals surface area contributed by atoms with Crippen molar-refractivity contribution in [2.24, 2.45) is 0 Å². The number of carbonyl (C=O) groups excluding carboxylic acids is 2. The highest BCUT2D eigenvalue weighted by Gasteiger charge is 2.12. The number of hydrogen-bond donors (Lipinski definition) is 0. The van der Waals surface area contributed by atoms with Crippen LogP contribution in [0.25, 0.3) is 0 Å². The number of ether oxygens (including phenoxy) is 3. The largest absolute Gasteiger partial charge is 0.490 e. The number of aryl methyl sites for hydroxylation is 1. The Hall–Kier alpha value is -2.89. The molecule has 2 aromatic rings. The van der Waals surface area contributed by atoms with Gasteiger partial charge in [0.15, 0.2) is 11.6 Å². The van der Waals surface area contributed by atoms with Crippen molar-refractivity contribution < 1.29 is 28.2 Å². The zero-order valence-corrected chi connectivity index (χ0v) is 14.3. The van der Waals surface area contributed by atoms with Crippen LogP contribution in [0.1, 0.15) is 31.8 Å². The van der Waals surface area contributed by atoms with E-state index in [4.69, 9.17) is 14.2 Å². The fourth-order valence-corrected chi connectivity index (χ4v) is 2.25. The van der Waals surface area contributed by atoms with E-state index in [1.807, 2.05) is 0 Å². The summed E-state index contributed by atoms with van der Waals surface area (Å²) in [5.41, 5.74) is 1.74. The first-order valence-corrected chi connectivity index (χ1v) is 7.66. The van der Waals surface area contributed by atoms with Crippen molar-refractivity contribution in [2.45, 2.75) is 13.8 Å². The van der Waals surface area contributed by atoms with Gasteiger partial charge in [-0.15, -0.1) is 0 Å². The van der Waals surface area contributed by atoms with Gasteiger partial charge in [-0.1, -0.05) is 6.07 Å². The molecule has 0 aromatic heterocycles. The predicted octanol–water partition coefficient (Wildman–Crippen LogP) is 3.50. The minimum atomic E-state index is -0.562. The van der Waals surface area contributed by atoms with Gasteiger partial charge >= 0.3 is 5.97 Å². The van der Waals surface area contributed by atoms with Crippen LogP contribution < -0.4 is 9.47 Å². The molecule has 5 nitrogen and oxygen atoms in total. The Labute approximate surface area is 145 Å². The Kier molecular flexibility index (Phi) is 6.11. The highest BCUT2D eigenvalue weighted by Crippen LogP contribution is 2.23. The van der Waals surface area contributed by atoms with E-state index in [9.17, 15) is 14.0 Å². The zero-order valence-electron chi connectivity index (χ0n) is 14.3. The number of methoxy groups -OCH3 is 1. The third-order valence-electron chi connectivity index (χ3n) is 3.74. The van der Waals surface area contributed by atoms with Crippen LogP contribution in [0, 0.1) is 19.7 Å². The molecule has 2 aromatic carbocycles. The molecule has 0 fully saturated rings. The van der Waals surface area contributed by atoms with Gasteiger partial charge in [0.05, 0.1) is 12.7 Å². The lowest BCUT2D eigenvalue weighted by atomic mass is 10.1. The lowest BCUT2D eigenvalue weighted by Crippen LogP contribution is -2.11. The molecule has 2 rings (SSSR count). The molecule has 0 unspecified atom stereocenters. The second-order valence-corrected chi connectivity index (χ2v) is 5.37. The van der Waals surface area contributed by atoms with E-state index >= 15 is 0 Å². The van der Waals surface area contributed by atoms with Crippen LogP contribution in [-0.4, -0.2) is 32.6 Å². The number of aldehydes is 1. The maximum Gasteiger partial charge on any atom is 0.338 e. The summed E-state index contributed by atoms with van der Waals surface area (Å²) in [5.74, 6) is -0.451. The fourth-order valence-electron chi connectivity index (χ4n) is 2.25. The average molecular weight is 346 g/mol. The number of carbonyl (C=O) groups is 2. The van der Waals surface area contributed by atoms with Crippen LogP contribution in [0.15, 0.2) is 30.3 Å². The van der Waals surface area contributed by atoms with E-state index in [0.717, 1.165) is 5.56 Å². The minimum Gasteiger partial charge on any atom is -0.490 e. The zero-order chi connectivity index (χ0) is 18.4. The fraction of sp³-hybridized carbons (Fsp3) is 0.263. The monoisotopic (exact) mass is 346 g/mol. The van der Waals surface area contributed by atoms with Gasteiger partial charge in [0.25, 0.3) is 0 Å². The summed E-state index contributed by atoms with van der Waals surface area (Å²) in [6.45, 7) is 3.59. The number of hydrogen-bond acceptors (Lipinski definition) is 5. The van der Waals surface area contributed by atoms with Crippen molar-refractivity contribution in [1.82, 2.24) is 0 Å². The van der Waals surface area contributed by atoms with Crippen molar-refractivity contribution in [2.75, 3.05) is 20.3 Å². The molecule has 0 aliphatic carbocycles. The van der Waals surface area contributed by atoms with Crippen molar-refractivity contribution in [3.8, 4) is 11.5 Å². The lowest BCUT2D eigenvalue weighted by Gasteiger charge is -2.12. The molecule has 6 heteroatoms. The van der Waals surface area contributed by atoms with E-state index in [0.29, 0.717) is 17.6 Å². The Morgan fingerprint density at radius 3 is 2.52 bits per heavy atom. The minimum absolute atomic E-state index is 0.0610. The molecule has 0 N–H and O–H groups in total. The van der Waals surface area contributed by atoms with Crippen molar-refractivity contribution >= 4 is 12.3 Å². The van der Waals surface area contributed by atoms with Crippen molar-refractivity contribution in [1.29, 1.82) is 0 Å². The van der Waals surface area contributed by atoms with Crippen LogP contribution in [0.5, 0.6) is 11.5 Å². The average Bonchev–Trinajstić information content (AvgIpc) is 2.62. The van der Waals surface area contributed by atoms with Gasteiger partial charge in [-0.3, -0.25) is 4.79 Å². The third-order valence-corrected chi connectivity index (χ3v) is 3.74. The Balaban J connectivity index is 1.95. The van der Waals surface area contributed by atoms with Gasteiger partial charge in [-0.05, 0) is 49.2 Å². The van der Waals surface area contributed by atoms with Crippen LogP contribution >= 0.6 is 0 Å². The molecular formula is C19H19FO5. The smallest absolute Gasteiger partial charge is 0.338 e. The second-order valence-electron chi connectivity index (χ2n) is 5.37. The van der Waals surface area contributed by atoms with E-state index in [1.54, 1.807) is 25.1 Å². The highest BCUT2D eigenvalue weighted by atomic mass is 19.1. The Morgan fingerprint density at radius 2 is 1.84 bits per heavy atom. The summed E-state index contributed by atoms with van der Waals surface area (Å²) in [5, 5.41) is 0. The number of benzene rings is 2. The summed E-state index contributed by atoms with van der Waals surface area (Å²) in [7, 11) is 1.32. The third kappa shape index (κ3) is 4.35. The maximum absolute atomic E-state index is 14.0. The topological polar surface area (TPSA) is 61.8 Å². The molecule has 0 amide bonds. The molecule has 0 saturated carbocycles. The summed E-state index contributed by atoms with van der Waals surface area (Å²) in [4.78, 5) is 22.4. The first-order chi connectivity index (χ1) is 12.0. The summed E-state index contributed by atoms with van der Waals surface area (Å²) < 4.78 is 29.6. The van der Waals surface area contributed by atoms with Crippen LogP contribution in [-0.2, 0) is 4.74 Å². The van der Waals surface area contributed by atoms with Crippen LogP contribution in [0.2, 0.25) is 0 Å². The van der Waals surface area contributed by atoms with E-state index in [1.165, 1.54) is 26.2 Å². The molecular weight excluding hydrogens is 327 g/mol. The van der Waals surface area contributed by atoms with Crippen molar-refractivity contribution in [3.05, 3.63) is 58.4 Å². The molecule has 0 atom stereocenters. The summed E-state index contributed by atoms with van der Waals surface area (Å²) in [6.07, 6.45) is 0.599. The molecule has 0 heterocycles. The molecule has 0 spiro atoms. The standard InChI is InChI=1S/C19H19FO5/c1-12-4-6-15(10-16(12)19(22)23-3)24-8-9-25-17-7-5-14(11-21)13(2)18(17)20/h4-7,10-11H,8-9H2,1-3H3. The quantitative estimate of drug-likeness (QED) is 0.436. The molecule has 0 radical (unpaired) electrons. The Morgan fingerprint density at radius 1 is 1.12 bits per heavy atom. The lowest BCUT2D eigenvalue weighted by molar-refractivity contribution is 0.0599. The summed E-state index contributed by atoms with van der Waals surface area (Å²) in [6, 6.07) is 7.98. The maximum atomic E-state index is 14.0. The summed E-state index contributed by atoms with van der Waals surface area (Å²) >= 11 is 0. The van der Waals surface area contributed by atoms with Gasteiger partial charge in [0.1, 0.15) is 25.2 Å². The van der Waals surface area contributed by atoms with Crippen LogP contribution in [0.3, 0.4) is 0 Å². The van der Waals surface area contributed by atoms with Gasteiger partial charge in [0.2, 0.25) is 0 Å². The normalized spacial score (nSPS) is 10.2. The molecule has 0 aliphatic rings. The Bertz CT molecular complexity index is 786. The van der Waals surface area contributed by atoms with E-state index in [2.05, 4.69) is 0 Å². The molecule has 0 saturated heterocycles. The van der Waals surface area contributed by atoms with Crippen molar-refractivity contribution in [3.63, 3.8) is 0 Å². The van der Waals surface area contributed by atoms with Gasteiger partial charge in [-0.2, -0.15) is 0 Å². The number of esters is 1. The van der Waals surface area contributed by atoms with E-state index < -0.39 is 11.8 Å². The highest BCUT2D eigenvalue weighted by molar-refractivity contribution is 5.91. The first-order valence-electron chi connectivity index (χ1n) is 7.66. The molecule has 25 heavy (non-hydrogen) atoms. The van der Waals surface area contributed by atoms with E-state index in [-0.39, 0.29) is 30.1 Å². The van der Waals surface area contributed by atoms with Gasteiger partial charge in [0, 0.05) is 5.56 Å². The van der Waals surface area contributed by atoms with Gasteiger partial charge < -0.3 is 14.2 Å². The molecule has 0 aliphatic heterocycles. The first kappa shape index (κ1) is 18.4. The second kappa shape index (κ2) is 8.28. The van der Waals surface area contributed by atoms with Crippen LogP contribution in [0.4, 0.5) is 4.39 Å². The SMILES string of the molecule is COC(=O)c1cc(OCCOc2ccc(C=O)c(C)c2F)ccc1C. The molecule has 0 bridgehead atoms. The molecule has 132 valence electrons. The number of halogens is 1. The predicted molar refractivity (Wildman–Crippen MR) is 90.0 cm³/mol. The van der Waals surface area contributed by atoms with Gasteiger partial charge in [-0.25, -0.2) is 9.18 Å². The number of rotatable bonds is 7.